The van der Waals surface area contributed by atoms with Gasteiger partial charge >= 0.3 is 0 Å². The van der Waals surface area contributed by atoms with Gasteiger partial charge in [-0.3, -0.25) is 4.57 Å². The van der Waals surface area contributed by atoms with Gasteiger partial charge in [0.25, 0.3) is 0 Å². The zero-order chi connectivity index (χ0) is 24.2. The van der Waals surface area contributed by atoms with Crippen molar-refractivity contribution in [2.24, 2.45) is 5.92 Å². The quantitative estimate of drug-likeness (QED) is 0.391. The molecule has 0 unspecified atom stereocenters. The second kappa shape index (κ2) is 10.6. The van der Waals surface area contributed by atoms with Crippen LogP contribution in [0.3, 0.4) is 0 Å². The van der Waals surface area contributed by atoms with E-state index in [9.17, 15) is 8.42 Å². The SMILES string of the molecule is COc1ccc(OC)c(-n2c(SCCC(C)C)nnc2-c2cccc(S(=O)(=O)N(C)C)c2)c1. The largest absolute Gasteiger partial charge is 0.497 e. The first-order valence-electron chi connectivity index (χ1n) is 10.5. The highest BCUT2D eigenvalue weighted by Crippen LogP contribution is 2.35. The molecule has 0 atom stereocenters. The summed E-state index contributed by atoms with van der Waals surface area (Å²) in [6, 6.07) is 12.2. The van der Waals surface area contributed by atoms with Crippen molar-refractivity contribution in [1.82, 2.24) is 19.1 Å². The van der Waals surface area contributed by atoms with Crippen LogP contribution >= 0.6 is 11.8 Å². The summed E-state index contributed by atoms with van der Waals surface area (Å²) in [5.74, 6) is 3.24. The summed E-state index contributed by atoms with van der Waals surface area (Å²) in [5, 5.41) is 9.58. The van der Waals surface area contributed by atoms with E-state index >= 15 is 0 Å². The van der Waals surface area contributed by atoms with Crippen molar-refractivity contribution >= 4 is 21.8 Å². The molecule has 3 rings (SSSR count). The van der Waals surface area contributed by atoms with Crippen LogP contribution in [0.5, 0.6) is 11.5 Å². The Morgan fingerprint density at radius 1 is 1.06 bits per heavy atom. The van der Waals surface area contributed by atoms with Crippen molar-refractivity contribution in [3.63, 3.8) is 0 Å². The van der Waals surface area contributed by atoms with Gasteiger partial charge in [0.05, 0.1) is 24.8 Å². The van der Waals surface area contributed by atoms with Gasteiger partial charge < -0.3 is 9.47 Å². The average Bonchev–Trinajstić information content (AvgIpc) is 3.22. The van der Waals surface area contributed by atoms with Gasteiger partial charge in [-0.25, -0.2) is 12.7 Å². The molecule has 10 heteroatoms. The van der Waals surface area contributed by atoms with Gasteiger partial charge in [0.15, 0.2) is 11.0 Å². The molecule has 0 spiro atoms. The van der Waals surface area contributed by atoms with Crippen LogP contribution in [0.25, 0.3) is 17.1 Å². The molecule has 0 bridgehead atoms. The van der Waals surface area contributed by atoms with Gasteiger partial charge in [0, 0.05) is 31.5 Å². The van der Waals surface area contributed by atoms with Gasteiger partial charge in [0.2, 0.25) is 10.0 Å². The molecule has 0 aliphatic carbocycles. The van der Waals surface area contributed by atoms with E-state index in [1.54, 1.807) is 44.2 Å². The van der Waals surface area contributed by atoms with Gasteiger partial charge in [-0.2, -0.15) is 0 Å². The number of aromatic nitrogens is 3. The van der Waals surface area contributed by atoms with E-state index in [0.29, 0.717) is 39.6 Å². The van der Waals surface area contributed by atoms with E-state index in [2.05, 4.69) is 24.0 Å². The normalized spacial score (nSPS) is 11.9. The maximum atomic E-state index is 12.7. The molecule has 0 N–H and O–H groups in total. The Morgan fingerprint density at radius 2 is 1.82 bits per heavy atom. The van der Waals surface area contributed by atoms with E-state index in [4.69, 9.17) is 9.47 Å². The molecular formula is C23H30N4O4S2. The Hall–Kier alpha value is -2.56. The molecule has 178 valence electrons. The fourth-order valence-corrected chi connectivity index (χ4v) is 5.26. The van der Waals surface area contributed by atoms with Crippen LogP contribution < -0.4 is 9.47 Å². The minimum Gasteiger partial charge on any atom is -0.497 e. The van der Waals surface area contributed by atoms with E-state index in [1.165, 1.54) is 18.4 Å². The van der Waals surface area contributed by atoms with Crippen molar-refractivity contribution in [2.45, 2.75) is 30.3 Å². The predicted molar refractivity (Wildman–Crippen MR) is 131 cm³/mol. The molecule has 3 aromatic rings. The van der Waals surface area contributed by atoms with Crippen LogP contribution in [0.15, 0.2) is 52.5 Å². The lowest BCUT2D eigenvalue weighted by atomic mass is 10.2. The molecule has 0 aliphatic rings. The van der Waals surface area contributed by atoms with Crippen molar-refractivity contribution in [2.75, 3.05) is 34.1 Å². The number of sulfonamides is 1. The molecule has 0 fully saturated rings. The molecule has 8 nitrogen and oxygen atoms in total. The lowest BCUT2D eigenvalue weighted by Crippen LogP contribution is -2.22. The molecule has 0 saturated heterocycles. The fourth-order valence-electron chi connectivity index (χ4n) is 3.13. The fraction of sp³-hybridized carbons (Fsp3) is 0.391. The van der Waals surface area contributed by atoms with Crippen LogP contribution in [0.1, 0.15) is 20.3 Å². The standard InChI is InChI=1S/C23H30N4O4S2/c1-16(2)12-13-32-23-25-24-22(17-8-7-9-19(14-17)33(28,29)26(3)4)27(23)20-15-18(30-5)10-11-21(20)31-6/h7-11,14-16H,12-13H2,1-6H3. The number of ether oxygens (including phenoxy) is 2. The van der Waals surface area contributed by atoms with E-state index < -0.39 is 10.0 Å². The van der Waals surface area contributed by atoms with E-state index in [0.717, 1.165) is 12.2 Å². The number of rotatable bonds is 10. The minimum absolute atomic E-state index is 0.186. The Balaban J connectivity index is 2.20. The van der Waals surface area contributed by atoms with Crippen LogP contribution in [-0.2, 0) is 10.0 Å². The van der Waals surface area contributed by atoms with E-state index in [-0.39, 0.29) is 4.90 Å². The third-order valence-electron chi connectivity index (χ3n) is 5.06. The lowest BCUT2D eigenvalue weighted by Gasteiger charge is -2.16. The molecular weight excluding hydrogens is 460 g/mol. The number of thioether (sulfide) groups is 1. The van der Waals surface area contributed by atoms with Crippen molar-refractivity contribution in [3.8, 4) is 28.6 Å². The summed E-state index contributed by atoms with van der Waals surface area (Å²) in [5.41, 5.74) is 1.34. The summed E-state index contributed by atoms with van der Waals surface area (Å²) in [6.07, 6.45) is 1.03. The summed E-state index contributed by atoms with van der Waals surface area (Å²) in [6.45, 7) is 4.36. The second-order valence-electron chi connectivity index (χ2n) is 8.03. The van der Waals surface area contributed by atoms with Gasteiger partial charge in [0.1, 0.15) is 11.5 Å². The third kappa shape index (κ3) is 5.51. The number of nitrogens with zero attached hydrogens (tertiary/aromatic N) is 4. The molecule has 33 heavy (non-hydrogen) atoms. The first-order chi connectivity index (χ1) is 15.7. The second-order valence-corrected chi connectivity index (χ2v) is 11.2. The third-order valence-corrected chi connectivity index (χ3v) is 7.83. The van der Waals surface area contributed by atoms with Crippen molar-refractivity contribution in [3.05, 3.63) is 42.5 Å². The van der Waals surface area contributed by atoms with Crippen LogP contribution in [-0.4, -0.2) is 61.6 Å². The Morgan fingerprint density at radius 3 is 2.45 bits per heavy atom. The smallest absolute Gasteiger partial charge is 0.242 e. The highest BCUT2D eigenvalue weighted by molar-refractivity contribution is 7.99. The molecule has 0 radical (unpaired) electrons. The van der Waals surface area contributed by atoms with Gasteiger partial charge in [-0.1, -0.05) is 37.7 Å². The molecule has 0 saturated carbocycles. The number of hydrogen-bond acceptors (Lipinski definition) is 7. The molecule has 0 amide bonds. The zero-order valence-electron chi connectivity index (χ0n) is 19.8. The van der Waals surface area contributed by atoms with Gasteiger partial charge in [-0.15, -0.1) is 10.2 Å². The van der Waals surface area contributed by atoms with E-state index in [1.807, 2.05) is 28.8 Å². The summed E-state index contributed by atoms with van der Waals surface area (Å²) in [4.78, 5) is 0.186. The highest BCUT2D eigenvalue weighted by atomic mass is 32.2. The summed E-state index contributed by atoms with van der Waals surface area (Å²) in [7, 11) is 2.62. The summed E-state index contributed by atoms with van der Waals surface area (Å²) < 4.78 is 39.6. The minimum atomic E-state index is -3.60. The summed E-state index contributed by atoms with van der Waals surface area (Å²) >= 11 is 1.60. The molecule has 1 aromatic heterocycles. The Bertz CT molecular complexity index is 1210. The maximum absolute atomic E-state index is 12.7. The first-order valence-corrected chi connectivity index (χ1v) is 12.9. The number of hydrogen-bond donors (Lipinski definition) is 0. The highest BCUT2D eigenvalue weighted by Gasteiger charge is 2.23. The number of methoxy groups -OCH3 is 2. The average molecular weight is 491 g/mol. The molecule has 1 heterocycles. The van der Waals surface area contributed by atoms with Crippen molar-refractivity contribution in [1.29, 1.82) is 0 Å². The maximum Gasteiger partial charge on any atom is 0.242 e. The van der Waals surface area contributed by atoms with Gasteiger partial charge in [-0.05, 0) is 36.6 Å². The first kappa shape index (κ1) is 25.1. The monoisotopic (exact) mass is 490 g/mol. The van der Waals surface area contributed by atoms with Crippen molar-refractivity contribution < 1.29 is 17.9 Å². The zero-order valence-corrected chi connectivity index (χ0v) is 21.4. The number of benzene rings is 2. The molecule has 0 aliphatic heterocycles. The predicted octanol–water partition coefficient (Wildman–Crippen LogP) is 4.34. The lowest BCUT2D eigenvalue weighted by molar-refractivity contribution is 0.401. The Kier molecular flexibility index (Phi) is 8.04. The Labute approximate surface area is 200 Å². The topological polar surface area (TPSA) is 86.5 Å². The molecule has 2 aromatic carbocycles. The van der Waals surface area contributed by atoms with Crippen LogP contribution in [0.2, 0.25) is 0 Å². The van der Waals surface area contributed by atoms with Crippen LogP contribution in [0.4, 0.5) is 0 Å². The van der Waals surface area contributed by atoms with Crippen LogP contribution in [0, 0.1) is 5.92 Å².